The molecule has 0 aliphatic carbocycles. The third-order valence-electron chi connectivity index (χ3n) is 4.79. The molecule has 5 nitrogen and oxygen atoms in total. The lowest BCUT2D eigenvalue weighted by Gasteiger charge is -2.33. The summed E-state index contributed by atoms with van der Waals surface area (Å²) in [5.74, 6) is 3.25. The average molecular weight is 374 g/mol. The van der Waals surface area contributed by atoms with Gasteiger partial charge in [-0.3, -0.25) is 4.98 Å². The van der Waals surface area contributed by atoms with Gasteiger partial charge in [0.1, 0.15) is 5.82 Å². The Bertz CT molecular complexity index is 683. The first-order chi connectivity index (χ1) is 12.5. The van der Waals surface area contributed by atoms with Gasteiger partial charge in [-0.2, -0.15) is 0 Å². The van der Waals surface area contributed by atoms with Crippen LogP contribution < -0.4 is 0 Å². The lowest BCUT2D eigenvalue weighted by molar-refractivity contribution is 0.182. The molecule has 0 saturated carbocycles. The van der Waals surface area contributed by atoms with Crippen molar-refractivity contribution in [1.29, 1.82) is 0 Å². The molecule has 0 aromatic carbocycles. The van der Waals surface area contributed by atoms with Crippen molar-refractivity contribution in [2.75, 3.05) is 19.6 Å². The maximum absolute atomic E-state index is 4.64. The van der Waals surface area contributed by atoms with Crippen LogP contribution in [0.15, 0.2) is 29.7 Å². The molecule has 3 heterocycles. The SMILES string of the molecule is CC(C)CN1CCCC(c2nnc(SCc3cccnc3)n2C(C)C)C1. The molecule has 0 N–H and O–H groups in total. The van der Waals surface area contributed by atoms with Gasteiger partial charge in [-0.25, -0.2) is 0 Å². The molecule has 3 rings (SSSR count). The van der Waals surface area contributed by atoms with Gasteiger partial charge in [0.2, 0.25) is 0 Å². The maximum Gasteiger partial charge on any atom is 0.191 e. The van der Waals surface area contributed by atoms with Crippen LogP contribution in [0, 0.1) is 5.92 Å². The fourth-order valence-corrected chi connectivity index (χ4v) is 4.74. The molecule has 26 heavy (non-hydrogen) atoms. The van der Waals surface area contributed by atoms with Crippen molar-refractivity contribution in [3.8, 4) is 0 Å². The normalized spacial score (nSPS) is 18.8. The number of rotatable bonds is 7. The average Bonchev–Trinajstić information content (AvgIpc) is 3.05. The summed E-state index contributed by atoms with van der Waals surface area (Å²) in [4.78, 5) is 6.80. The summed E-state index contributed by atoms with van der Waals surface area (Å²) in [6.07, 6.45) is 6.21. The van der Waals surface area contributed by atoms with Crippen molar-refractivity contribution in [2.45, 2.75) is 63.4 Å². The number of aromatic nitrogens is 4. The summed E-state index contributed by atoms with van der Waals surface area (Å²) in [5.41, 5.74) is 1.22. The summed E-state index contributed by atoms with van der Waals surface area (Å²) >= 11 is 1.76. The van der Waals surface area contributed by atoms with Gasteiger partial charge in [0.05, 0.1) is 0 Å². The Kier molecular flexibility index (Phi) is 6.70. The zero-order valence-corrected chi connectivity index (χ0v) is 17.2. The molecule has 142 valence electrons. The molecule has 2 aromatic heterocycles. The van der Waals surface area contributed by atoms with E-state index in [4.69, 9.17) is 0 Å². The van der Waals surface area contributed by atoms with E-state index in [2.05, 4.69) is 58.4 Å². The molecule has 6 heteroatoms. The molecule has 1 atom stereocenters. The number of likely N-dealkylation sites (tertiary alicyclic amines) is 1. The van der Waals surface area contributed by atoms with Crippen LogP contribution >= 0.6 is 11.8 Å². The van der Waals surface area contributed by atoms with Crippen LogP contribution in [0.2, 0.25) is 0 Å². The Morgan fingerprint density at radius 1 is 1.23 bits per heavy atom. The fourth-order valence-electron chi connectivity index (χ4n) is 3.73. The van der Waals surface area contributed by atoms with E-state index in [1.807, 2.05) is 18.5 Å². The van der Waals surface area contributed by atoms with E-state index in [0.717, 1.165) is 17.5 Å². The minimum absolute atomic E-state index is 0.372. The summed E-state index contributed by atoms with van der Waals surface area (Å²) in [6, 6.07) is 4.47. The number of nitrogens with zero attached hydrogens (tertiary/aromatic N) is 5. The second-order valence-electron chi connectivity index (χ2n) is 7.95. The van der Waals surface area contributed by atoms with Crippen LogP contribution in [-0.2, 0) is 5.75 Å². The highest BCUT2D eigenvalue weighted by Gasteiger charge is 2.28. The van der Waals surface area contributed by atoms with E-state index >= 15 is 0 Å². The third kappa shape index (κ3) is 4.86. The summed E-state index contributed by atoms with van der Waals surface area (Å²) in [7, 11) is 0. The fraction of sp³-hybridized carbons (Fsp3) is 0.650. The molecule has 1 unspecified atom stereocenters. The van der Waals surface area contributed by atoms with Gasteiger partial charge in [0, 0.05) is 43.2 Å². The largest absolute Gasteiger partial charge is 0.303 e. The van der Waals surface area contributed by atoms with E-state index in [9.17, 15) is 0 Å². The molecule has 0 spiro atoms. The van der Waals surface area contributed by atoms with Crippen molar-refractivity contribution in [1.82, 2.24) is 24.6 Å². The minimum atomic E-state index is 0.372. The van der Waals surface area contributed by atoms with Gasteiger partial charge in [-0.1, -0.05) is 31.7 Å². The number of pyridine rings is 1. The molecule has 1 aliphatic rings. The molecule has 1 fully saturated rings. The molecule has 1 aliphatic heterocycles. The quantitative estimate of drug-likeness (QED) is 0.674. The number of hydrogen-bond donors (Lipinski definition) is 0. The summed E-state index contributed by atoms with van der Waals surface area (Å²) in [5, 5.41) is 10.2. The van der Waals surface area contributed by atoms with Crippen LogP contribution in [0.25, 0.3) is 0 Å². The molecule has 0 radical (unpaired) electrons. The van der Waals surface area contributed by atoms with Crippen LogP contribution in [0.4, 0.5) is 0 Å². The zero-order chi connectivity index (χ0) is 18.5. The standard InChI is InChI=1S/C20H31N5S/c1-15(2)12-24-10-6-8-18(13-24)19-22-23-20(25(19)16(3)4)26-14-17-7-5-9-21-11-17/h5,7,9,11,15-16,18H,6,8,10,12-14H2,1-4H3. The van der Waals surface area contributed by atoms with Gasteiger partial charge >= 0.3 is 0 Å². The molecule has 2 aromatic rings. The van der Waals surface area contributed by atoms with Gasteiger partial charge in [0.15, 0.2) is 5.16 Å². The molecular weight excluding hydrogens is 342 g/mol. The maximum atomic E-state index is 4.64. The Labute approximate surface area is 161 Å². The topological polar surface area (TPSA) is 46.8 Å². The van der Waals surface area contributed by atoms with Gasteiger partial charge in [-0.15, -0.1) is 10.2 Å². The Morgan fingerprint density at radius 3 is 2.77 bits per heavy atom. The smallest absolute Gasteiger partial charge is 0.191 e. The summed E-state index contributed by atoms with van der Waals surface area (Å²) in [6.45, 7) is 12.6. The first kappa shape index (κ1) is 19.4. The van der Waals surface area contributed by atoms with Crippen LogP contribution in [0.1, 0.15) is 63.9 Å². The van der Waals surface area contributed by atoms with E-state index in [1.54, 1.807) is 11.8 Å². The Hall–Kier alpha value is -1.40. The zero-order valence-electron chi connectivity index (χ0n) is 16.4. The highest BCUT2D eigenvalue weighted by Crippen LogP contribution is 2.32. The minimum Gasteiger partial charge on any atom is -0.303 e. The second-order valence-corrected chi connectivity index (χ2v) is 8.89. The van der Waals surface area contributed by atoms with Crippen molar-refractivity contribution in [3.05, 3.63) is 35.9 Å². The molecule has 0 bridgehead atoms. The van der Waals surface area contributed by atoms with Crippen LogP contribution in [-0.4, -0.2) is 44.3 Å². The van der Waals surface area contributed by atoms with Crippen molar-refractivity contribution >= 4 is 11.8 Å². The summed E-state index contributed by atoms with van der Waals surface area (Å²) < 4.78 is 2.35. The lowest BCUT2D eigenvalue weighted by Crippen LogP contribution is -2.37. The monoisotopic (exact) mass is 373 g/mol. The van der Waals surface area contributed by atoms with Gasteiger partial charge in [0.25, 0.3) is 0 Å². The van der Waals surface area contributed by atoms with Crippen LogP contribution in [0.3, 0.4) is 0 Å². The van der Waals surface area contributed by atoms with E-state index in [1.165, 1.54) is 37.3 Å². The third-order valence-corrected chi connectivity index (χ3v) is 5.81. The number of piperidine rings is 1. The first-order valence-corrected chi connectivity index (χ1v) is 10.7. The second kappa shape index (κ2) is 9.00. The highest BCUT2D eigenvalue weighted by molar-refractivity contribution is 7.98. The predicted octanol–water partition coefficient (Wildman–Crippen LogP) is 4.38. The first-order valence-electron chi connectivity index (χ1n) is 9.73. The van der Waals surface area contributed by atoms with Crippen molar-refractivity contribution in [2.24, 2.45) is 5.92 Å². The Balaban J connectivity index is 1.74. The van der Waals surface area contributed by atoms with Gasteiger partial charge < -0.3 is 9.47 Å². The van der Waals surface area contributed by atoms with Crippen LogP contribution in [0.5, 0.6) is 0 Å². The van der Waals surface area contributed by atoms with E-state index in [0.29, 0.717) is 17.9 Å². The Morgan fingerprint density at radius 2 is 2.08 bits per heavy atom. The number of thioether (sulfide) groups is 1. The number of hydrogen-bond acceptors (Lipinski definition) is 5. The predicted molar refractivity (Wildman–Crippen MR) is 107 cm³/mol. The van der Waals surface area contributed by atoms with E-state index < -0.39 is 0 Å². The van der Waals surface area contributed by atoms with E-state index in [-0.39, 0.29) is 0 Å². The van der Waals surface area contributed by atoms with Crippen molar-refractivity contribution < 1.29 is 0 Å². The molecule has 0 amide bonds. The lowest BCUT2D eigenvalue weighted by atomic mass is 9.96. The molecule has 1 saturated heterocycles. The van der Waals surface area contributed by atoms with Gasteiger partial charge in [-0.05, 0) is 50.8 Å². The highest BCUT2D eigenvalue weighted by atomic mass is 32.2. The van der Waals surface area contributed by atoms with Crippen molar-refractivity contribution in [3.63, 3.8) is 0 Å². The molecular formula is C20H31N5S.